The van der Waals surface area contributed by atoms with Crippen LogP contribution in [-0.4, -0.2) is 25.8 Å². The highest BCUT2D eigenvalue weighted by atomic mass is 16.2. The molecular weight excluding hydrogens is 340 g/mol. The zero-order valence-corrected chi connectivity index (χ0v) is 15.4. The maximum absolute atomic E-state index is 12.1. The number of nitrogens with two attached hydrogens (primary N) is 1. The lowest BCUT2D eigenvalue weighted by atomic mass is 9.93. The van der Waals surface area contributed by atoms with E-state index in [0.717, 1.165) is 23.4 Å². The van der Waals surface area contributed by atoms with Crippen molar-refractivity contribution in [3.63, 3.8) is 0 Å². The fourth-order valence-electron chi connectivity index (χ4n) is 3.74. The van der Waals surface area contributed by atoms with Crippen molar-refractivity contribution in [2.75, 3.05) is 4.90 Å². The summed E-state index contributed by atoms with van der Waals surface area (Å²) in [6, 6.07) is 11.6. The smallest absolute Gasteiger partial charge is 0.321 e. The van der Waals surface area contributed by atoms with E-state index < -0.39 is 6.03 Å². The number of carbonyl (C=O) groups is 1. The summed E-state index contributed by atoms with van der Waals surface area (Å²) < 4.78 is 1.94. The number of fused-ring (bicyclic) bond motifs is 1. The Morgan fingerprint density at radius 3 is 2.93 bits per heavy atom. The zero-order valence-electron chi connectivity index (χ0n) is 15.4. The first-order chi connectivity index (χ1) is 13.0. The highest BCUT2D eigenvalue weighted by Crippen LogP contribution is 2.39. The average Bonchev–Trinajstić information content (AvgIpc) is 3.25. The van der Waals surface area contributed by atoms with Gasteiger partial charge in [-0.05, 0) is 28.7 Å². The normalized spacial score (nSPS) is 17.0. The van der Waals surface area contributed by atoms with Gasteiger partial charge in [-0.3, -0.25) is 4.90 Å². The van der Waals surface area contributed by atoms with Gasteiger partial charge in [-0.25, -0.2) is 9.78 Å². The Labute approximate surface area is 157 Å². The summed E-state index contributed by atoms with van der Waals surface area (Å²) in [5, 5.41) is 8.13. The van der Waals surface area contributed by atoms with Crippen LogP contribution in [-0.2, 0) is 19.9 Å². The second-order valence-electron chi connectivity index (χ2n) is 7.05. The van der Waals surface area contributed by atoms with Gasteiger partial charge in [0.1, 0.15) is 18.0 Å². The Balaban J connectivity index is 1.63. The molecule has 0 saturated carbocycles. The number of pyridine rings is 1. The van der Waals surface area contributed by atoms with Gasteiger partial charge in [0, 0.05) is 26.1 Å². The number of carbonyl (C=O) groups excluding carboxylic acids is 1. The lowest BCUT2D eigenvalue weighted by Gasteiger charge is -2.24. The van der Waals surface area contributed by atoms with Crippen molar-refractivity contribution in [1.82, 2.24) is 19.7 Å². The fraction of sp³-hybridized carbons (Fsp3) is 0.300. The van der Waals surface area contributed by atoms with Gasteiger partial charge in [0.05, 0.1) is 6.04 Å². The summed E-state index contributed by atoms with van der Waals surface area (Å²) in [5.41, 5.74) is 8.98. The van der Waals surface area contributed by atoms with Crippen molar-refractivity contribution < 1.29 is 4.79 Å². The molecule has 2 amide bonds. The van der Waals surface area contributed by atoms with Gasteiger partial charge in [-0.15, -0.1) is 10.2 Å². The van der Waals surface area contributed by atoms with Crippen molar-refractivity contribution in [2.45, 2.75) is 31.7 Å². The predicted molar refractivity (Wildman–Crippen MR) is 102 cm³/mol. The molecule has 1 aliphatic rings. The molecule has 0 saturated heterocycles. The average molecular weight is 362 g/mol. The van der Waals surface area contributed by atoms with Crippen molar-refractivity contribution >= 4 is 11.8 Å². The molecule has 3 aromatic rings. The SMILES string of the molecule is CC(Cc1nncn1C)c1cccc(C2Cc3cccnc3N2C(N)=O)c1. The van der Waals surface area contributed by atoms with Crippen LogP contribution in [0.3, 0.4) is 0 Å². The van der Waals surface area contributed by atoms with Crippen LogP contribution in [0, 0.1) is 0 Å². The number of amides is 2. The number of rotatable bonds is 4. The second-order valence-corrected chi connectivity index (χ2v) is 7.05. The molecule has 4 rings (SSSR count). The second kappa shape index (κ2) is 6.83. The first-order valence-electron chi connectivity index (χ1n) is 9.00. The van der Waals surface area contributed by atoms with Gasteiger partial charge < -0.3 is 10.3 Å². The Hall–Kier alpha value is -3.22. The third-order valence-corrected chi connectivity index (χ3v) is 5.22. The largest absolute Gasteiger partial charge is 0.351 e. The molecule has 0 aliphatic carbocycles. The van der Waals surface area contributed by atoms with Crippen LogP contribution < -0.4 is 10.6 Å². The molecular formula is C20H22N6O. The van der Waals surface area contributed by atoms with Crippen LogP contribution in [0.15, 0.2) is 48.9 Å². The standard InChI is InChI=1S/C20H22N6O/c1-13(9-18-24-23-12-25(18)2)14-5-3-6-15(10-14)17-11-16-7-4-8-22-19(16)26(17)20(21)27/h3-8,10,12-13,17H,9,11H2,1-2H3,(H2,21,27). The number of aromatic nitrogens is 4. The number of anilines is 1. The van der Waals surface area contributed by atoms with E-state index >= 15 is 0 Å². The summed E-state index contributed by atoms with van der Waals surface area (Å²) in [5.74, 6) is 1.88. The third-order valence-electron chi connectivity index (χ3n) is 5.22. The Morgan fingerprint density at radius 1 is 1.33 bits per heavy atom. The molecule has 0 spiro atoms. The third kappa shape index (κ3) is 3.16. The van der Waals surface area contributed by atoms with Crippen molar-refractivity contribution in [3.05, 3.63) is 71.4 Å². The molecule has 27 heavy (non-hydrogen) atoms. The van der Waals surface area contributed by atoms with E-state index in [2.05, 4.69) is 34.2 Å². The highest BCUT2D eigenvalue weighted by molar-refractivity contribution is 5.92. The van der Waals surface area contributed by atoms with Crippen molar-refractivity contribution in [2.24, 2.45) is 12.8 Å². The molecule has 0 radical (unpaired) electrons. The van der Waals surface area contributed by atoms with Gasteiger partial charge in [0.2, 0.25) is 0 Å². The lowest BCUT2D eigenvalue weighted by molar-refractivity contribution is 0.252. The molecule has 3 heterocycles. The minimum atomic E-state index is -0.477. The molecule has 7 nitrogen and oxygen atoms in total. The molecule has 1 aromatic carbocycles. The minimum absolute atomic E-state index is 0.130. The number of nitrogens with zero attached hydrogens (tertiary/aromatic N) is 5. The minimum Gasteiger partial charge on any atom is -0.351 e. The van der Waals surface area contributed by atoms with E-state index in [1.54, 1.807) is 17.4 Å². The van der Waals surface area contributed by atoms with E-state index in [4.69, 9.17) is 5.73 Å². The monoisotopic (exact) mass is 362 g/mol. The maximum Gasteiger partial charge on any atom is 0.321 e. The summed E-state index contributed by atoms with van der Waals surface area (Å²) >= 11 is 0. The number of benzene rings is 1. The Morgan fingerprint density at radius 2 is 2.19 bits per heavy atom. The Bertz CT molecular complexity index is 982. The first kappa shape index (κ1) is 17.2. The van der Waals surface area contributed by atoms with Crippen molar-refractivity contribution in [3.8, 4) is 0 Å². The van der Waals surface area contributed by atoms with Crippen LogP contribution >= 0.6 is 0 Å². The van der Waals surface area contributed by atoms with Gasteiger partial charge >= 0.3 is 6.03 Å². The summed E-state index contributed by atoms with van der Waals surface area (Å²) in [6.07, 6.45) is 4.92. The quantitative estimate of drug-likeness (QED) is 0.773. The Kier molecular flexibility index (Phi) is 4.35. The maximum atomic E-state index is 12.1. The molecule has 138 valence electrons. The summed E-state index contributed by atoms with van der Waals surface area (Å²) in [7, 11) is 1.95. The van der Waals surface area contributed by atoms with Crippen LogP contribution in [0.4, 0.5) is 10.6 Å². The predicted octanol–water partition coefficient (Wildman–Crippen LogP) is 2.74. The number of aryl methyl sites for hydroxylation is 1. The molecule has 2 unspecified atom stereocenters. The number of urea groups is 1. The van der Waals surface area contributed by atoms with Gasteiger partial charge in [0.25, 0.3) is 0 Å². The number of primary amides is 1. The lowest BCUT2D eigenvalue weighted by Crippen LogP contribution is -2.37. The molecule has 2 N–H and O–H groups in total. The van der Waals surface area contributed by atoms with Gasteiger partial charge in [-0.1, -0.05) is 37.3 Å². The van der Waals surface area contributed by atoms with E-state index in [0.29, 0.717) is 12.2 Å². The fourth-order valence-corrected chi connectivity index (χ4v) is 3.74. The molecule has 0 fully saturated rings. The first-order valence-corrected chi connectivity index (χ1v) is 9.00. The van der Waals surface area contributed by atoms with Gasteiger partial charge in [-0.2, -0.15) is 0 Å². The van der Waals surface area contributed by atoms with E-state index in [9.17, 15) is 4.79 Å². The molecule has 2 atom stereocenters. The number of hydrogen-bond donors (Lipinski definition) is 1. The van der Waals surface area contributed by atoms with Crippen LogP contribution in [0.25, 0.3) is 0 Å². The van der Waals surface area contributed by atoms with E-state index in [1.165, 1.54) is 5.56 Å². The number of hydrogen-bond acceptors (Lipinski definition) is 4. The topological polar surface area (TPSA) is 89.9 Å². The highest BCUT2D eigenvalue weighted by Gasteiger charge is 2.35. The van der Waals surface area contributed by atoms with Crippen molar-refractivity contribution in [1.29, 1.82) is 0 Å². The van der Waals surface area contributed by atoms with Crippen LogP contribution in [0.1, 0.15) is 41.4 Å². The molecule has 0 bridgehead atoms. The summed E-state index contributed by atoms with van der Waals surface area (Å²) in [4.78, 5) is 18.1. The molecule has 2 aromatic heterocycles. The molecule has 1 aliphatic heterocycles. The van der Waals surface area contributed by atoms with E-state index in [1.807, 2.05) is 35.9 Å². The van der Waals surface area contributed by atoms with Gasteiger partial charge in [0.15, 0.2) is 0 Å². The van der Waals surface area contributed by atoms with Crippen LogP contribution in [0.2, 0.25) is 0 Å². The zero-order chi connectivity index (χ0) is 19.0. The van der Waals surface area contributed by atoms with E-state index in [-0.39, 0.29) is 12.0 Å². The van der Waals surface area contributed by atoms with Crippen LogP contribution in [0.5, 0.6) is 0 Å². The summed E-state index contributed by atoms with van der Waals surface area (Å²) in [6.45, 7) is 2.17. The molecule has 7 heteroatoms.